The molecule has 0 aliphatic carbocycles. The smallest absolute Gasteiger partial charge is 0.407 e. The first kappa shape index (κ1) is 30.0. The van der Waals surface area contributed by atoms with Gasteiger partial charge >= 0.3 is 6.09 Å². The second-order valence-corrected chi connectivity index (χ2v) is 9.05. The zero-order valence-corrected chi connectivity index (χ0v) is 21.9. The molecule has 206 valence electrons. The summed E-state index contributed by atoms with van der Waals surface area (Å²) >= 11 is 0. The predicted molar refractivity (Wildman–Crippen MR) is 138 cm³/mol. The highest BCUT2D eigenvalue weighted by molar-refractivity contribution is 6.12. The van der Waals surface area contributed by atoms with Crippen molar-refractivity contribution in [2.45, 2.75) is 52.2 Å². The lowest BCUT2D eigenvalue weighted by molar-refractivity contribution is -0.137. The van der Waals surface area contributed by atoms with E-state index < -0.39 is 23.9 Å². The van der Waals surface area contributed by atoms with Gasteiger partial charge in [0.25, 0.3) is 11.8 Å². The summed E-state index contributed by atoms with van der Waals surface area (Å²) in [6.07, 6.45) is 3.90. The van der Waals surface area contributed by atoms with E-state index in [2.05, 4.69) is 21.3 Å². The maximum absolute atomic E-state index is 12.6. The lowest BCUT2D eigenvalue weighted by Crippen LogP contribution is -2.51. The van der Waals surface area contributed by atoms with E-state index >= 15 is 0 Å². The summed E-state index contributed by atoms with van der Waals surface area (Å²) in [7, 11) is 1.46. The number of imide groups is 1. The number of rotatable bonds is 14. The fourth-order valence-electron chi connectivity index (χ4n) is 3.55. The van der Waals surface area contributed by atoms with Gasteiger partial charge in [0, 0.05) is 37.9 Å². The number of amides is 6. The van der Waals surface area contributed by atoms with Crippen LogP contribution in [0.2, 0.25) is 0 Å². The highest BCUT2D eigenvalue weighted by Gasteiger charge is 2.25. The average molecular weight is 530 g/mol. The van der Waals surface area contributed by atoms with E-state index in [1.807, 2.05) is 0 Å². The Morgan fingerprint density at radius 1 is 0.921 bits per heavy atom. The molecule has 2 rings (SSSR count). The van der Waals surface area contributed by atoms with Crippen LogP contribution < -0.4 is 21.3 Å². The minimum Gasteiger partial charge on any atom is -0.445 e. The monoisotopic (exact) mass is 529 g/mol. The number of carbonyl (C=O) groups excluding carboxylic acids is 6. The van der Waals surface area contributed by atoms with Crippen molar-refractivity contribution in [3.8, 4) is 0 Å². The number of nitrogens with one attached hydrogen (secondary N) is 4. The van der Waals surface area contributed by atoms with Gasteiger partial charge in [0.05, 0.1) is 6.54 Å². The largest absolute Gasteiger partial charge is 0.445 e. The van der Waals surface area contributed by atoms with Gasteiger partial charge in [-0.1, -0.05) is 32.4 Å². The van der Waals surface area contributed by atoms with Crippen LogP contribution in [-0.2, 0) is 35.3 Å². The standard InChI is InChI=1S/C26H35N5O7/c1-17(2)24(30-20(32)7-5-4-6-14-31-22(34)12-13-23(31)35)25(36)28-15-21(33)29-19-10-8-18(9-11-19)16-38-26(37)27-3/h8-13,17,24H,4-7,14-16H2,1-3H3,(H,27,37)(H,28,36)(H,29,33)(H,30,32). The first-order chi connectivity index (χ1) is 18.1. The zero-order chi connectivity index (χ0) is 28.1. The normalized spacial score (nSPS) is 13.3. The van der Waals surface area contributed by atoms with Crippen LogP contribution in [0.3, 0.4) is 0 Å². The Hall–Kier alpha value is -4.22. The van der Waals surface area contributed by atoms with Gasteiger partial charge < -0.3 is 26.0 Å². The number of carbonyl (C=O) groups is 6. The van der Waals surface area contributed by atoms with Crippen LogP contribution >= 0.6 is 0 Å². The number of unbranched alkanes of at least 4 members (excludes halogenated alkanes) is 2. The minimum absolute atomic E-state index is 0.0879. The molecule has 0 radical (unpaired) electrons. The third kappa shape index (κ3) is 10.0. The molecule has 4 N–H and O–H groups in total. The number of ether oxygens (including phenoxy) is 1. The molecule has 0 aromatic heterocycles. The molecule has 12 nitrogen and oxygen atoms in total. The topological polar surface area (TPSA) is 163 Å². The SMILES string of the molecule is CNC(=O)OCc1ccc(NC(=O)CNC(=O)C(NC(=O)CCCCCN2C(=O)C=CC2=O)C(C)C)cc1. The third-order valence-corrected chi connectivity index (χ3v) is 5.69. The van der Waals surface area contributed by atoms with Gasteiger partial charge in [0.2, 0.25) is 17.7 Å². The number of benzene rings is 1. The summed E-state index contributed by atoms with van der Waals surface area (Å²) in [6.45, 7) is 3.70. The highest BCUT2D eigenvalue weighted by Crippen LogP contribution is 2.11. The van der Waals surface area contributed by atoms with E-state index in [4.69, 9.17) is 4.74 Å². The van der Waals surface area contributed by atoms with E-state index in [0.717, 1.165) is 10.5 Å². The van der Waals surface area contributed by atoms with Gasteiger partial charge in [-0.15, -0.1) is 0 Å². The maximum atomic E-state index is 12.6. The molecule has 1 unspecified atom stereocenters. The molecule has 1 atom stereocenters. The van der Waals surface area contributed by atoms with Gasteiger partial charge in [-0.2, -0.15) is 0 Å². The maximum Gasteiger partial charge on any atom is 0.407 e. The summed E-state index contributed by atoms with van der Waals surface area (Å²) < 4.78 is 4.95. The molecule has 1 heterocycles. The van der Waals surface area contributed by atoms with Crippen molar-refractivity contribution in [1.29, 1.82) is 0 Å². The van der Waals surface area contributed by atoms with Crippen molar-refractivity contribution in [1.82, 2.24) is 20.9 Å². The molecular weight excluding hydrogens is 494 g/mol. The average Bonchev–Trinajstić information content (AvgIpc) is 3.21. The molecule has 1 aromatic rings. The van der Waals surface area contributed by atoms with Crippen LogP contribution in [0.25, 0.3) is 0 Å². The van der Waals surface area contributed by atoms with Gasteiger partial charge in [0.1, 0.15) is 12.6 Å². The number of hydrogen-bond acceptors (Lipinski definition) is 7. The van der Waals surface area contributed by atoms with Crippen molar-refractivity contribution in [2.75, 3.05) is 25.5 Å². The predicted octanol–water partition coefficient (Wildman–Crippen LogP) is 1.22. The molecule has 38 heavy (non-hydrogen) atoms. The summed E-state index contributed by atoms with van der Waals surface area (Å²) in [5, 5.41) is 10.3. The van der Waals surface area contributed by atoms with Gasteiger partial charge in [-0.3, -0.25) is 28.9 Å². The zero-order valence-electron chi connectivity index (χ0n) is 21.9. The minimum atomic E-state index is -0.805. The molecule has 1 aliphatic rings. The molecule has 0 spiro atoms. The van der Waals surface area contributed by atoms with Crippen LogP contribution in [0.5, 0.6) is 0 Å². The Morgan fingerprint density at radius 3 is 2.18 bits per heavy atom. The Balaban J connectivity index is 1.69. The van der Waals surface area contributed by atoms with Crippen molar-refractivity contribution in [3.05, 3.63) is 42.0 Å². The van der Waals surface area contributed by atoms with Gasteiger partial charge in [-0.05, 0) is 36.5 Å². The molecule has 0 saturated heterocycles. The van der Waals surface area contributed by atoms with Crippen LogP contribution in [0.4, 0.5) is 10.5 Å². The second-order valence-electron chi connectivity index (χ2n) is 9.05. The molecular formula is C26H35N5O7. The van der Waals surface area contributed by atoms with Gasteiger partial charge in [0.15, 0.2) is 0 Å². The lowest BCUT2D eigenvalue weighted by atomic mass is 10.0. The first-order valence-corrected chi connectivity index (χ1v) is 12.4. The molecule has 0 fully saturated rings. The molecule has 6 amide bonds. The van der Waals surface area contributed by atoms with E-state index in [1.165, 1.54) is 19.2 Å². The Labute approximate surface area is 221 Å². The van der Waals surface area contributed by atoms with Crippen LogP contribution in [0.15, 0.2) is 36.4 Å². The van der Waals surface area contributed by atoms with Crippen molar-refractivity contribution in [3.63, 3.8) is 0 Å². The number of anilines is 1. The van der Waals surface area contributed by atoms with E-state index in [-0.39, 0.29) is 43.2 Å². The summed E-state index contributed by atoms with van der Waals surface area (Å²) in [6, 6.07) is 5.89. The van der Waals surface area contributed by atoms with Crippen LogP contribution in [0, 0.1) is 5.92 Å². The highest BCUT2D eigenvalue weighted by atomic mass is 16.5. The van der Waals surface area contributed by atoms with Crippen molar-refractivity contribution >= 4 is 41.3 Å². The quantitative estimate of drug-likeness (QED) is 0.208. The van der Waals surface area contributed by atoms with Crippen LogP contribution in [-0.4, -0.2) is 66.7 Å². The summed E-state index contributed by atoms with van der Waals surface area (Å²) in [5.74, 6) is -2.05. The summed E-state index contributed by atoms with van der Waals surface area (Å²) in [4.78, 5) is 72.6. The number of alkyl carbamates (subject to hydrolysis) is 1. The molecule has 12 heteroatoms. The van der Waals surface area contributed by atoms with Crippen LogP contribution in [0.1, 0.15) is 45.1 Å². The van der Waals surface area contributed by atoms with Crippen molar-refractivity contribution in [2.24, 2.45) is 5.92 Å². The Morgan fingerprint density at radius 2 is 1.58 bits per heavy atom. The van der Waals surface area contributed by atoms with E-state index in [9.17, 15) is 28.8 Å². The molecule has 0 saturated carbocycles. The summed E-state index contributed by atoms with van der Waals surface area (Å²) in [5.41, 5.74) is 1.25. The van der Waals surface area contributed by atoms with E-state index in [0.29, 0.717) is 31.5 Å². The van der Waals surface area contributed by atoms with Crippen molar-refractivity contribution < 1.29 is 33.5 Å². The molecule has 0 bridgehead atoms. The Kier molecular flexibility index (Phi) is 11.9. The fraction of sp³-hybridized carbons (Fsp3) is 0.462. The lowest BCUT2D eigenvalue weighted by Gasteiger charge is -2.21. The second kappa shape index (κ2) is 15.1. The van der Waals surface area contributed by atoms with Gasteiger partial charge in [-0.25, -0.2) is 4.79 Å². The number of hydrogen-bond donors (Lipinski definition) is 4. The fourth-order valence-corrected chi connectivity index (χ4v) is 3.55. The molecule has 1 aromatic carbocycles. The Bertz CT molecular complexity index is 1030. The molecule has 1 aliphatic heterocycles. The number of nitrogens with zero attached hydrogens (tertiary/aromatic N) is 1. The van der Waals surface area contributed by atoms with E-state index in [1.54, 1.807) is 38.1 Å². The third-order valence-electron chi connectivity index (χ3n) is 5.69. The first-order valence-electron chi connectivity index (χ1n) is 12.4.